The van der Waals surface area contributed by atoms with Gasteiger partial charge >= 0.3 is 0 Å². The fourth-order valence-corrected chi connectivity index (χ4v) is 1.02. The molecule has 2 atom stereocenters. The van der Waals surface area contributed by atoms with E-state index in [9.17, 15) is 4.39 Å². The van der Waals surface area contributed by atoms with E-state index in [2.05, 4.69) is 6.92 Å². The molecule has 0 saturated heterocycles. The number of halogens is 1. The first-order valence-electron chi connectivity index (χ1n) is 5.07. The second-order valence-electron chi connectivity index (χ2n) is 3.66. The van der Waals surface area contributed by atoms with Crippen molar-refractivity contribution < 1.29 is 4.39 Å². The Morgan fingerprint density at radius 2 is 1.92 bits per heavy atom. The molecular weight excluding hydrogens is 163 g/mol. The third-order valence-corrected chi connectivity index (χ3v) is 2.48. The van der Waals surface area contributed by atoms with Gasteiger partial charge in [0.1, 0.15) is 5.67 Å². The topological polar surface area (TPSA) is 0 Å². The minimum absolute atomic E-state index is 0.0822. The summed E-state index contributed by atoms with van der Waals surface area (Å²) in [5, 5.41) is 0. The summed E-state index contributed by atoms with van der Waals surface area (Å²) in [5.74, 6) is 0.0822. The molecule has 0 amide bonds. The van der Waals surface area contributed by atoms with Crippen LogP contribution >= 0.6 is 0 Å². The first-order valence-corrected chi connectivity index (χ1v) is 5.07. The van der Waals surface area contributed by atoms with E-state index in [-0.39, 0.29) is 5.92 Å². The number of hydrogen-bond donors (Lipinski definition) is 0. The monoisotopic (exact) mass is 184 g/mol. The summed E-state index contributed by atoms with van der Waals surface area (Å²) in [6, 6.07) is 0. The molecule has 0 aliphatic carbocycles. The maximum Gasteiger partial charge on any atom is 0.129 e. The third kappa shape index (κ3) is 4.87. The fraction of sp³-hybridized carbons (Fsp3) is 0.667. The predicted octanol–water partition coefficient (Wildman–Crippen LogP) is 4.28. The van der Waals surface area contributed by atoms with Crippen LogP contribution in [0, 0.1) is 5.92 Å². The van der Waals surface area contributed by atoms with E-state index >= 15 is 0 Å². The molecule has 0 aromatic carbocycles. The smallest absolute Gasteiger partial charge is 0.129 e. The van der Waals surface area contributed by atoms with E-state index in [1.54, 1.807) is 19.1 Å². The third-order valence-electron chi connectivity index (χ3n) is 2.48. The zero-order valence-corrected chi connectivity index (χ0v) is 9.18. The molecule has 0 aliphatic heterocycles. The molecular formula is C12H21F. The van der Waals surface area contributed by atoms with Gasteiger partial charge in [0.05, 0.1) is 0 Å². The van der Waals surface area contributed by atoms with E-state index in [4.69, 9.17) is 0 Å². The maximum absolute atomic E-state index is 13.8. The Bertz CT molecular complexity index is 178. The molecule has 0 N–H and O–H groups in total. The Labute approximate surface area is 81.5 Å². The Hall–Kier alpha value is -0.590. The van der Waals surface area contributed by atoms with Crippen LogP contribution < -0.4 is 0 Å². The quantitative estimate of drug-likeness (QED) is 0.559. The van der Waals surface area contributed by atoms with Crippen LogP contribution in [0.2, 0.25) is 0 Å². The summed E-state index contributed by atoms with van der Waals surface area (Å²) in [4.78, 5) is 0. The molecule has 0 spiro atoms. The van der Waals surface area contributed by atoms with Gasteiger partial charge in [-0.15, -0.1) is 0 Å². The highest BCUT2D eigenvalue weighted by molar-refractivity contribution is 5.10. The molecule has 0 aliphatic rings. The first-order chi connectivity index (χ1) is 6.04. The summed E-state index contributed by atoms with van der Waals surface area (Å²) < 4.78 is 13.8. The molecule has 1 unspecified atom stereocenters. The van der Waals surface area contributed by atoms with Gasteiger partial charge in [0.15, 0.2) is 0 Å². The van der Waals surface area contributed by atoms with Crippen molar-refractivity contribution in [3.63, 3.8) is 0 Å². The summed E-state index contributed by atoms with van der Waals surface area (Å²) >= 11 is 0. The van der Waals surface area contributed by atoms with Crippen LogP contribution in [0.1, 0.15) is 40.5 Å². The normalized spacial score (nSPS) is 19.5. The maximum atomic E-state index is 13.8. The van der Waals surface area contributed by atoms with Gasteiger partial charge in [-0.25, -0.2) is 4.39 Å². The molecule has 1 heteroatoms. The van der Waals surface area contributed by atoms with E-state index in [0.717, 1.165) is 12.8 Å². The summed E-state index contributed by atoms with van der Waals surface area (Å²) in [5.41, 5.74) is -1.17. The van der Waals surface area contributed by atoms with Crippen LogP contribution in [0.5, 0.6) is 0 Å². The minimum atomic E-state index is -1.17. The largest absolute Gasteiger partial charge is 0.239 e. The summed E-state index contributed by atoms with van der Waals surface area (Å²) in [6.45, 7) is 7.65. The fourth-order valence-electron chi connectivity index (χ4n) is 1.02. The molecule has 0 radical (unpaired) electrons. The molecule has 0 aromatic rings. The zero-order valence-electron chi connectivity index (χ0n) is 9.18. The van der Waals surface area contributed by atoms with Gasteiger partial charge in [-0.3, -0.25) is 0 Å². The molecule has 0 fully saturated rings. The van der Waals surface area contributed by atoms with Crippen molar-refractivity contribution in [2.24, 2.45) is 5.92 Å². The predicted molar refractivity (Wildman–Crippen MR) is 57.5 cm³/mol. The molecule has 0 bridgehead atoms. The lowest BCUT2D eigenvalue weighted by molar-refractivity contribution is 0.168. The van der Waals surface area contributed by atoms with Gasteiger partial charge in [-0.05, 0) is 25.3 Å². The van der Waals surface area contributed by atoms with Gasteiger partial charge in [0, 0.05) is 0 Å². The number of allylic oxidation sites excluding steroid dienone is 4. The summed E-state index contributed by atoms with van der Waals surface area (Å²) in [7, 11) is 0. The highest BCUT2D eigenvalue weighted by atomic mass is 19.1. The average molecular weight is 184 g/mol. The highest BCUT2D eigenvalue weighted by Crippen LogP contribution is 2.25. The van der Waals surface area contributed by atoms with Gasteiger partial charge < -0.3 is 0 Å². The lowest BCUT2D eigenvalue weighted by Gasteiger charge is -2.22. The van der Waals surface area contributed by atoms with Crippen LogP contribution in [0.4, 0.5) is 4.39 Å². The summed E-state index contributed by atoms with van der Waals surface area (Å²) in [6.07, 6.45) is 9.23. The molecule has 0 nitrogen and oxygen atoms in total. The van der Waals surface area contributed by atoms with Crippen molar-refractivity contribution in [2.45, 2.75) is 46.2 Å². The second kappa shape index (κ2) is 5.95. The standard InChI is InChI=1S/C12H21F/c1-5-7-8-9-10-12(4,13)11(3)6-2/h7-11H,5-6H2,1-4H3/b8-7-,10-9-/t11-,12?/m0/s1. The van der Waals surface area contributed by atoms with Crippen LogP contribution in [0.3, 0.4) is 0 Å². The van der Waals surface area contributed by atoms with Crippen molar-refractivity contribution in [2.75, 3.05) is 0 Å². The SMILES string of the molecule is CC/C=C\C=C/C(C)(F)[C@@H](C)CC. The molecule has 0 rings (SSSR count). The Balaban J connectivity index is 4.15. The van der Waals surface area contributed by atoms with Crippen LogP contribution in [-0.2, 0) is 0 Å². The van der Waals surface area contributed by atoms with Gasteiger partial charge in [-0.1, -0.05) is 45.4 Å². The van der Waals surface area contributed by atoms with Gasteiger partial charge in [0.25, 0.3) is 0 Å². The number of rotatable bonds is 5. The number of alkyl halides is 1. The van der Waals surface area contributed by atoms with Gasteiger partial charge in [0.2, 0.25) is 0 Å². The van der Waals surface area contributed by atoms with E-state index in [0.29, 0.717) is 0 Å². The minimum Gasteiger partial charge on any atom is -0.239 e. The van der Waals surface area contributed by atoms with Crippen molar-refractivity contribution in [1.82, 2.24) is 0 Å². The van der Waals surface area contributed by atoms with Crippen LogP contribution in [-0.4, -0.2) is 5.67 Å². The molecule has 0 saturated carbocycles. The van der Waals surface area contributed by atoms with Crippen LogP contribution in [0.15, 0.2) is 24.3 Å². The van der Waals surface area contributed by atoms with Gasteiger partial charge in [-0.2, -0.15) is 0 Å². The van der Waals surface area contributed by atoms with Crippen molar-refractivity contribution in [3.05, 3.63) is 24.3 Å². The lowest BCUT2D eigenvalue weighted by Crippen LogP contribution is -2.24. The second-order valence-corrected chi connectivity index (χ2v) is 3.66. The molecule has 0 aromatic heterocycles. The number of hydrogen-bond acceptors (Lipinski definition) is 0. The van der Waals surface area contributed by atoms with E-state index in [1.165, 1.54) is 0 Å². The van der Waals surface area contributed by atoms with Crippen molar-refractivity contribution in [3.8, 4) is 0 Å². The molecule has 13 heavy (non-hydrogen) atoms. The van der Waals surface area contributed by atoms with Crippen molar-refractivity contribution >= 4 is 0 Å². The average Bonchev–Trinajstić information content (AvgIpc) is 2.11. The molecule has 76 valence electrons. The Kier molecular flexibility index (Phi) is 5.68. The first kappa shape index (κ1) is 12.4. The van der Waals surface area contributed by atoms with Crippen LogP contribution in [0.25, 0.3) is 0 Å². The van der Waals surface area contributed by atoms with E-state index in [1.807, 2.05) is 26.0 Å². The lowest BCUT2D eigenvalue weighted by atomic mass is 9.90. The van der Waals surface area contributed by atoms with Crippen molar-refractivity contribution in [1.29, 1.82) is 0 Å². The molecule has 0 heterocycles. The zero-order chi connectivity index (χ0) is 10.3. The van der Waals surface area contributed by atoms with E-state index < -0.39 is 5.67 Å². The highest BCUT2D eigenvalue weighted by Gasteiger charge is 2.25. The Morgan fingerprint density at radius 3 is 2.38 bits per heavy atom. The Morgan fingerprint density at radius 1 is 1.31 bits per heavy atom.